The van der Waals surface area contributed by atoms with Crippen LogP contribution in [0.15, 0.2) is 41.6 Å². The Balaban J connectivity index is 2.56. The summed E-state index contributed by atoms with van der Waals surface area (Å²) in [5, 5.41) is 17.5. The first kappa shape index (κ1) is 17.3. The Bertz CT molecular complexity index is 720. The lowest BCUT2D eigenvalue weighted by molar-refractivity contribution is 0.330. The molecule has 0 unspecified atom stereocenters. The molecule has 2 rings (SSSR count). The molecule has 0 aliphatic heterocycles. The van der Waals surface area contributed by atoms with Gasteiger partial charge in [-0.25, -0.2) is 4.68 Å². The van der Waals surface area contributed by atoms with E-state index in [1.54, 1.807) is 0 Å². The van der Waals surface area contributed by atoms with Gasteiger partial charge in [0.15, 0.2) is 0 Å². The molecule has 0 amide bonds. The zero-order valence-electron chi connectivity index (χ0n) is 14.9. The third-order valence-electron chi connectivity index (χ3n) is 4.01. The monoisotopic (exact) mass is 313 g/mol. The predicted octanol–water partition coefficient (Wildman–Crippen LogP) is 4.18. The van der Waals surface area contributed by atoms with Gasteiger partial charge < -0.3 is 10.4 Å². The smallest absolute Gasteiger partial charge is 0.134 e. The minimum absolute atomic E-state index is 0.0337. The Hall–Kier alpha value is -2.07. The second kappa shape index (κ2) is 6.59. The maximum Gasteiger partial charge on any atom is 0.134 e. The summed E-state index contributed by atoms with van der Waals surface area (Å²) < 4.78 is 1.95. The van der Waals surface area contributed by atoms with E-state index in [4.69, 9.17) is 5.10 Å². The Morgan fingerprint density at radius 3 is 2.43 bits per heavy atom. The fourth-order valence-electron chi connectivity index (χ4n) is 2.24. The van der Waals surface area contributed by atoms with Crippen LogP contribution in [0.2, 0.25) is 0 Å². The summed E-state index contributed by atoms with van der Waals surface area (Å²) in [6.07, 6.45) is 0. The number of allylic oxidation sites excluding steroid dienone is 1. The highest BCUT2D eigenvalue weighted by Crippen LogP contribution is 2.28. The molecular formula is C19H27N3O. The van der Waals surface area contributed by atoms with Gasteiger partial charge in [-0.15, -0.1) is 0 Å². The van der Waals surface area contributed by atoms with Crippen LogP contribution >= 0.6 is 0 Å². The van der Waals surface area contributed by atoms with E-state index < -0.39 is 0 Å². The van der Waals surface area contributed by atoms with Gasteiger partial charge in [0.05, 0.1) is 18.0 Å². The second-order valence-corrected chi connectivity index (χ2v) is 7.05. The Labute approximate surface area is 138 Å². The van der Waals surface area contributed by atoms with Gasteiger partial charge in [0.25, 0.3) is 0 Å². The van der Waals surface area contributed by atoms with Crippen molar-refractivity contribution in [3.63, 3.8) is 0 Å². The summed E-state index contributed by atoms with van der Waals surface area (Å²) in [5.41, 5.74) is 5.08. The van der Waals surface area contributed by atoms with E-state index >= 15 is 0 Å². The van der Waals surface area contributed by atoms with Crippen molar-refractivity contribution in [1.29, 1.82) is 0 Å². The van der Waals surface area contributed by atoms with Gasteiger partial charge in [0.2, 0.25) is 0 Å². The van der Waals surface area contributed by atoms with Crippen molar-refractivity contribution in [2.75, 3.05) is 11.9 Å². The van der Waals surface area contributed by atoms with Crippen LogP contribution in [0.4, 0.5) is 5.82 Å². The number of para-hydroxylation sites is 1. The number of aromatic nitrogens is 2. The number of hydrogen-bond donors (Lipinski definition) is 2. The van der Waals surface area contributed by atoms with E-state index in [-0.39, 0.29) is 12.0 Å². The highest BCUT2D eigenvalue weighted by molar-refractivity contribution is 5.53. The van der Waals surface area contributed by atoms with Crippen molar-refractivity contribution in [3.05, 3.63) is 52.9 Å². The molecule has 0 bridgehead atoms. The van der Waals surface area contributed by atoms with Crippen LogP contribution in [-0.2, 0) is 5.41 Å². The molecule has 124 valence electrons. The Kier molecular flexibility index (Phi) is 4.95. The van der Waals surface area contributed by atoms with E-state index in [2.05, 4.69) is 51.2 Å². The highest BCUT2D eigenvalue weighted by Gasteiger charge is 2.21. The average molecular weight is 313 g/mol. The lowest BCUT2D eigenvalue weighted by Gasteiger charge is -2.14. The number of hydrogen-bond acceptors (Lipinski definition) is 3. The van der Waals surface area contributed by atoms with Crippen LogP contribution in [0.5, 0.6) is 0 Å². The molecule has 4 nitrogen and oxygen atoms in total. The number of nitrogens with zero attached hydrogens (tertiary/aromatic N) is 2. The van der Waals surface area contributed by atoms with E-state index in [1.165, 1.54) is 5.56 Å². The zero-order valence-corrected chi connectivity index (χ0v) is 14.9. The molecule has 1 aromatic carbocycles. The van der Waals surface area contributed by atoms with Gasteiger partial charge in [-0.1, -0.05) is 39.0 Å². The van der Waals surface area contributed by atoms with E-state index in [0.717, 1.165) is 28.5 Å². The molecule has 0 radical (unpaired) electrons. The molecule has 0 spiro atoms. The predicted molar refractivity (Wildman–Crippen MR) is 96.1 cm³/mol. The van der Waals surface area contributed by atoms with Crippen LogP contribution in [0.25, 0.3) is 5.69 Å². The standard InChI is InChI=1S/C19H27N3O/c1-13-9-7-8-10-16(13)22-18(20-15(3)14(2)12-23)11-17(21-22)19(4,5)6/h7-11,20,23H,12H2,1-6H3/b15-14-. The molecule has 0 saturated carbocycles. The fourth-order valence-corrected chi connectivity index (χ4v) is 2.24. The van der Waals surface area contributed by atoms with Crippen molar-refractivity contribution in [1.82, 2.24) is 9.78 Å². The van der Waals surface area contributed by atoms with Crippen molar-refractivity contribution < 1.29 is 5.11 Å². The molecule has 4 heteroatoms. The lowest BCUT2D eigenvalue weighted by Crippen LogP contribution is -2.13. The number of aryl methyl sites for hydroxylation is 1. The van der Waals surface area contributed by atoms with E-state index in [1.807, 2.05) is 30.7 Å². The third-order valence-corrected chi connectivity index (χ3v) is 4.01. The topological polar surface area (TPSA) is 50.1 Å². The molecule has 1 aromatic heterocycles. The van der Waals surface area contributed by atoms with Crippen molar-refractivity contribution in [3.8, 4) is 5.69 Å². The Morgan fingerprint density at radius 1 is 1.22 bits per heavy atom. The van der Waals surface area contributed by atoms with Crippen molar-refractivity contribution in [2.24, 2.45) is 0 Å². The number of aliphatic hydroxyl groups excluding tert-OH is 1. The first-order valence-electron chi connectivity index (χ1n) is 7.95. The molecule has 1 heterocycles. The van der Waals surface area contributed by atoms with E-state index in [0.29, 0.717) is 0 Å². The van der Waals surface area contributed by atoms with Gasteiger partial charge in [-0.2, -0.15) is 5.10 Å². The van der Waals surface area contributed by atoms with Gasteiger partial charge in [-0.3, -0.25) is 0 Å². The summed E-state index contributed by atoms with van der Waals surface area (Å²) in [5.74, 6) is 0.912. The van der Waals surface area contributed by atoms with Crippen LogP contribution in [0.1, 0.15) is 45.9 Å². The molecule has 0 atom stereocenters. The maximum atomic E-state index is 9.33. The largest absolute Gasteiger partial charge is 0.392 e. The normalized spacial score (nSPS) is 13.0. The number of rotatable bonds is 4. The minimum atomic E-state index is -0.0337. The maximum absolute atomic E-state index is 9.33. The summed E-state index contributed by atoms with van der Waals surface area (Å²) in [6, 6.07) is 10.3. The van der Waals surface area contributed by atoms with Crippen LogP contribution < -0.4 is 5.32 Å². The van der Waals surface area contributed by atoms with Crippen LogP contribution in [0.3, 0.4) is 0 Å². The number of nitrogens with one attached hydrogen (secondary N) is 1. The quantitative estimate of drug-likeness (QED) is 0.890. The fraction of sp³-hybridized carbons (Fsp3) is 0.421. The first-order valence-corrected chi connectivity index (χ1v) is 7.95. The molecule has 2 aromatic rings. The SMILES string of the molecule is C/C(CO)=C(\C)Nc1cc(C(C)(C)C)nn1-c1ccccc1C. The van der Waals surface area contributed by atoms with E-state index in [9.17, 15) is 5.11 Å². The van der Waals surface area contributed by atoms with Crippen LogP contribution in [-0.4, -0.2) is 21.5 Å². The van der Waals surface area contributed by atoms with Crippen molar-refractivity contribution in [2.45, 2.75) is 47.0 Å². The second-order valence-electron chi connectivity index (χ2n) is 7.05. The van der Waals surface area contributed by atoms with Gasteiger partial charge in [-0.05, 0) is 38.0 Å². The molecular weight excluding hydrogens is 286 g/mol. The Morgan fingerprint density at radius 2 is 1.87 bits per heavy atom. The molecule has 0 fully saturated rings. The minimum Gasteiger partial charge on any atom is -0.392 e. The number of aliphatic hydroxyl groups is 1. The average Bonchev–Trinajstić information content (AvgIpc) is 2.90. The van der Waals surface area contributed by atoms with Gasteiger partial charge >= 0.3 is 0 Å². The molecule has 2 N–H and O–H groups in total. The molecule has 23 heavy (non-hydrogen) atoms. The highest BCUT2D eigenvalue weighted by atomic mass is 16.3. The van der Waals surface area contributed by atoms with Crippen molar-refractivity contribution >= 4 is 5.82 Å². The number of benzene rings is 1. The molecule has 0 aliphatic carbocycles. The summed E-state index contributed by atoms with van der Waals surface area (Å²) in [7, 11) is 0. The summed E-state index contributed by atoms with van der Waals surface area (Å²) >= 11 is 0. The zero-order chi connectivity index (χ0) is 17.2. The first-order chi connectivity index (χ1) is 10.7. The summed E-state index contributed by atoms with van der Waals surface area (Å²) in [4.78, 5) is 0. The lowest BCUT2D eigenvalue weighted by atomic mass is 9.92. The number of anilines is 1. The van der Waals surface area contributed by atoms with Gasteiger partial charge in [0, 0.05) is 17.2 Å². The molecule has 0 saturated heterocycles. The van der Waals surface area contributed by atoms with Gasteiger partial charge in [0.1, 0.15) is 5.82 Å². The molecule has 0 aliphatic rings. The summed E-state index contributed by atoms with van der Waals surface area (Å²) in [6.45, 7) is 12.5. The third kappa shape index (κ3) is 3.82. The van der Waals surface area contributed by atoms with Crippen LogP contribution in [0, 0.1) is 6.92 Å².